The standard InChI is InChI=1S/C9H15NO4/c1-14-8(11)9(4-2-3-5-9)6-7-10(12)13/h2-7H2,1H3. The number of carbonyl (C=O) groups is 1. The van der Waals surface area contributed by atoms with Crippen molar-refractivity contribution in [1.82, 2.24) is 0 Å². The molecule has 0 heterocycles. The van der Waals surface area contributed by atoms with Crippen molar-refractivity contribution >= 4 is 5.97 Å². The zero-order valence-electron chi connectivity index (χ0n) is 8.32. The maximum Gasteiger partial charge on any atom is 0.312 e. The second-order valence-electron chi connectivity index (χ2n) is 3.79. The number of hydrogen-bond donors (Lipinski definition) is 0. The fourth-order valence-corrected chi connectivity index (χ4v) is 2.13. The smallest absolute Gasteiger partial charge is 0.312 e. The van der Waals surface area contributed by atoms with E-state index in [1.807, 2.05) is 0 Å². The predicted molar refractivity (Wildman–Crippen MR) is 49.4 cm³/mol. The third kappa shape index (κ3) is 2.21. The Kier molecular flexibility index (Phi) is 3.43. The molecule has 0 aromatic rings. The first-order chi connectivity index (χ1) is 6.60. The lowest BCUT2D eigenvalue weighted by Crippen LogP contribution is -2.31. The molecule has 1 rings (SSSR count). The molecule has 0 bridgehead atoms. The van der Waals surface area contributed by atoms with E-state index >= 15 is 0 Å². The average Bonchev–Trinajstić information content (AvgIpc) is 2.63. The zero-order chi connectivity index (χ0) is 10.6. The lowest BCUT2D eigenvalue weighted by molar-refractivity contribution is -0.482. The van der Waals surface area contributed by atoms with Gasteiger partial charge in [-0.05, 0) is 12.8 Å². The van der Waals surface area contributed by atoms with Gasteiger partial charge in [0.15, 0.2) is 0 Å². The fourth-order valence-electron chi connectivity index (χ4n) is 2.13. The van der Waals surface area contributed by atoms with E-state index in [1.54, 1.807) is 0 Å². The number of nitro groups is 1. The number of hydrogen-bond acceptors (Lipinski definition) is 4. The summed E-state index contributed by atoms with van der Waals surface area (Å²) in [6.07, 6.45) is 3.70. The van der Waals surface area contributed by atoms with Crippen molar-refractivity contribution in [3.8, 4) is 0 Å². The summed E-state index contributed by atoms with van der Waals surface area (Å²) in [6, 6.07) is 0. The number of carbonyl (C=O) groups excluding carboxylic acids is 1. The molecule has 1 saturated carbocycles. The number of methoxy groups -OCH3 is 1. The van der Waals surface area contributed by atoms with Crippen LogP contribution in [0.1, 0.15) is 32.1 Å². The Morgan fingerprint density at radius 1 is 1.50 bits per heavy atom. The highest BCUT2D eigenvalue weighted by atomic mass is 16.6. The van der Waals surface area contributed by atoms with Gasteiger partial charge in [-0.15, -0.1) is 0 Å². The lowest BCUT2D eigenvalue weighted by atomic mass is 9.83. The number of esters is 1. The Morgan fingerprint density at radius 2 is 2.07 bits per heavy atom. The van der Waals surface area contributed by atoms with Crippen molar-refractivity contribution in [3.63, 3.8) is 0 Å². The Hall–Kier alpha value is -1.13. The fraction of sp³-hybridized carbons (Fsp3) is 0.889. The van der Waals surface area contributed by atoms with Crippen LogP contribution in [0.4, 0.5) is 0 Å². The van der Waals surface area contributed by atoms with E-state index in [4.69, 9.17) is 4.74 Å². The molecule has 0 aromatic heterocycles. The summed E-state index contributed by atoms with van der Waals surface area (Å²) in [6.45, 7) is -0.144. The van der Waals surface area contributed by atoms with Crippen molar-refractivity contribution in [2.24, 2.45) is 5.41 Å². The van der Waals surface area contributed by atoms with Crippen molar-refractivity contribution in [1.29, 1.82) is 0 Å². The molecule has 1 fully saturated rings. The minimum atomic E-state index is -0.568. The minimum absolute atomic E-state index is 0.144. The van der Waals surface area contributed by atoms with Crippen LogP contribution >= 0.6 is 0 Å². The van der Waals surface area contributed by atoms with Crippen LogP contribution in [0, 0.1) is 15.5 Å². The largest absolute Gasteiger partial charge is 0.469 e. The molecule has 0 amide bonds. The van der Waals surface area contributed by atoms with Gasteiger partial charge in [-0.1, -0.05) is 12.8 Å². The molecule has 0 N–H and O–H groups in total. The second kappa shape index (κ2) is 4.39. The highest BCUT2D eigenvalue weighted by Crippen LogP contribution is 2.41. The Bertz CT molecular complexity index is 233. The van der Waals surface area contributed by atoms with Gasteiger partial charge in [0.05, 0.1) is 12.5 Å². The molecule has 14 heavy (non-hydrogen) atoms. The summed E-state index contributed by atoms with van der Waals surface area (Å²) in [4.78, 5) is 21.4. The molecule has 1 aliphatic rings. The quantitative estimate of drug-likeness (QED) is 0.391. The van der Waals surface area contributed by atoms with Crippen LogP contribution in [-0.2, 0) is 9.53 Å². The molecule has 80 valence electrons. The second-order valence-corrected chi connectivity index (χ2v) is 3.79. The summed E-state index contributed by atoms with van der Waals surface area (Å²) in [5, 5.41) is 10.3. The molecule has 0 saturated heterocycles. The maximum atomic E-state index is 11.5. The van der Waals surface area contributed by atoms with Crippen LogP contribution in [0.5, 0.6) is 0 Å². The Labute approximate surface area is 82.6 Å². The Balaban J connectivity index is 2.62. The molecule has 0 aromatic carbocycles. The van der Waals surface area contributed by atoms with Gasteiger partial charge in [0, 0.05) is 11.3 Å². The topological polar surface area (TPSA) is 69.4 Å². The van der Waals surface area contributed by atoms with Crippen molar-refractivity contribution in [2.45, 2.75) is 32.1 Å². The minimum Gasteiger partial charge on any atom is -0.469 e. The summed E-state index contributed by atoms with van der Waals surface area (Å²) in [5.41, 5.74) is -0.568. The van der Waals surface area contributed by atoms with E-state index in [0.717, 1.165) is 25.7 Å². The first-order valence-corrected chi connectivity index (χ1v) is 4.81. The number of nitrogens with zero attached hydrogens (tertiary/aromatic N) is 1. The molecular formula is C9H15NO4. The van der Waals surface area contributed by atoms with Gasteiger partial charge >= 0.3 is 5.97 Å². The van der Waals surface area contributed by atoms with E-state index in [0.29, 0.717) is 6.42 Å². The molecular weight excluding hydrogens is 186 g/mol. The van der Waals surface area contributed by atoms with E-state index in [9.17, 15) is 14.9 Å². The van der Waals surface area contributed by atoms with Gasteiger partial charge < -0.3 is 4.74 Å². The molecule has 0 unspecified atom stereocenters. The van der Waals surface area contributed by atoms with Crippen LogP contribution < -0.4 is 0 Å². The van der Waals surface area contributed by atoms with Crippen LogP contribution in [0.3, 0.4) is 0 Å². The molecule has 0 aliphatic heterocycles. The lowest BCUT2D eigenvalue weighted by Gasteiger charge is -2.23. The first-order valence-electron chi connectivity index (χ1n) is 4.81. The number of rotatable bonds is 4. The summed E-state index contributed by atoms with van der Waals surface area (Å²) >= 11 is 0. The van der Waals surface area contributed by atoms with E-state index in [1.165, 1.54) is 7.11 Å². The highest BCUT2D eigenvalue weighted by Gasteiger charge is 2.43. The van der Waals surface area contributed by atoms with Gasteiger partial charge in [0.1, 0.15) is 0 Å². The normalized spacial score (nSPS) is 19.2. The van der Waals surface area contributed by atoms with E-state index in [-0.39, 0.29) is 17.4 Å². The SMILES string of the molecule is COC(=O)C1(CC[N+](=O)[O-])CCCC1. The number of ether oxygens (including phenoxy) is 1. The van der Waals surface area contributed by atoms with E-state index in [2.05, 4.69) is 0 Å². The molecule has 0 spiro atoms. The van der Waals surface area contributed by atoms with Crippen LogP contribution in [-0.4, -0.2) is 24.5 Å². The molecule has 0 atom stereocenters. The van der Waals surface area contributed by atoms with Crippen LogP contribution in [0.25, 0.3) is 0 Å². The first kappa shape index (κ1) is 10.9. The maximum absolute atomic E-state index is 11.5. The van der Waals surface area contributed by atoms with Crippen LogP contribution in [0.15, 0.2) is 0 Å². The predicted octanol–water partition coefficient (Wildman–Crippen LogP) is 1.39. The zero-order valence-corrected chi connectivity index (χ0v) is 8.32. The summed E-state index contributed by atoms with van der Waals surface area (Å²) in [5.74, 6) is -0.281. The third-order valence-corrected chi connectivity index (χ3v) is 2.95. The van der Waals surface area contributed by atoms with Crippen LogP contribution in [0.2, 0.25) is 0 Å². The van der Waals surface area contributed by atoms with E-state index < -0.39 is 5.41 Å². The van der Waals surface area contributed by atoms with Crippen molar-refractivity contribution < 1.29 is 14.5 Å². The van der Waals surface area contributed by atoms with Gasteiger partial charge in [0.25, 0.3) is 0 Å². The molecule has 0 radical (unpaired) electrons. The highest BCUT2D eigenvalue weighted by molar-refractivity contribution is 5.77. The van der Waals surface area contributed by atoms with Gasteiger partial charge in [-0.3, -0.25) is 14.9 Å². The van der Waals surface area contributed by atoms with Crippen molar-refractivity contribution in [2.75, 3.05) is 13.7 Å². The molecule has 1 aliphatic carbocycles. The van der Waals surface area contributed by atoms with Gasteiger partial charge in [0.2, 0.25) is 6.54 Å². The molecule has 5 nitrogen and oxygen atoms in total. The summed E-state index contributed by atoms with van der Waals surface area (Å²) in [7, 11) is 1.34. The third-order valence-electron chi connectivity index (χ3n) is 2.95. The average molecular weight is 201 g/mol. The van der Waals surface area contributed by atoms with Gasteiger partial charge in [-0.25, -0.2) is 0 Å². The Morgan fingerprint density at radius 3 is 2.50 bits per heavy atom. The van der Waals surface area contributed by atoms with Crippen molar-refractivity contribution in [3.05, 3.63) is 10.1 Å². The monoisotopic (exact) mass is 201 g/mol. The van der Waals surface area contributed by atoms with Gasteiger partial charge in [-0.2, -0.15) is 0 Å². The molecule has 5 heteroatoms. The summed E-state index contributed by atoms with van der Waals surface area (Å²) < 4.78 is 4.71.